The summed E-state index contributed by atoms with van der Waals surface area (Å²) in [7, 11) is 2.89. The molecule has 3 heterocycles. The Morgan fingerprint density at radius 1 is 1.23 bits per heavy atom. The first-order valence-corrected chi connectivity index (χ1v) is 10.7. The van der Waals surface area contributed by atoms with Crippen LogP contribution in [0.15, 0.2) is 37.6 Å². The number of amides is 1. The van der Waals surface area contributed by atoms with E-state index in [2.05, 4.69) is 10.3 Å². The van der Waals surface area contributed by atoms with E-state index in [0.717, 1.165) is 4.57 Å². The first-order chi connectivity index (χ1) is 14.7. The molecule has 11 heteroatoms. The number of hydrogen-bond donors (Lipinski definition) is 1. The Balaban J connectivity index is 1.62. The molecule has 4 aromatic rings. The molecule has 0 radical (unpaired) electrons. The van der Waals surface area contributed by atoms with E-state index in [9.17, 15) is 14.4 Å². The number of carbonyl (C=O) groups is 1. The topological polar surface area (TPSA) is 99.1 Å². The van der Waals surface area contributed by atoms with Gasteiger partial charge in [0.15, 0.2) is 5.13 Å². The highest BCUT2D eigenvalue weighted by atomic mass is 35.5. The fourth-order valence-electron chi connectivity index (χ4n) is 3.28. The Bertz CT molecular complexity index is 1460. The van der Waals surface area contributed by atoms with Gasteiger partial charge in [-0.25, -0.2) is 9.78 Å². The second-order valence-corrected chi connectivity index (χ2v) is 8.53. The van der Waals surface area contributed by atoms with E-state index in [1.807, 2.05) is 0 Å². The molecule has 4 rings (SSSR count). The molecular weight excluding hydrogens is 463 g/mol. The van der Waals surface area contributed by atoms with E-state index in [1.54, 1.807) is 30.5 Å². The zero-order valence-corrected chi connectivity index (χ0v) is 19.0. The minimum Gasteiger partial charge on any atom is -0.444 e. The maximum absolute atomic E-state index is 12.7. The highest BCUT2D eigenvalue weighted by Crippen LogP contribution is 2.35. The van der Waals surface area contributed by atoms with Crippen LogP contribution in [0, 0.1) is 6.92 Å². The summed E-state index contributed by atoms with van der Waals surface area (Å²) in [6.07, 6.45) is -0.112. The van der Waals surface area contributed by atoms with Crippen molar-refractivity contribution in [1.29, 1.82) is 0 Å². The molecule has 8 nitrogen and oxygen atoms in total. The molecular formula is C20H16Cl2N4O4S. The number of furan rings is 1. The molecule has 0 saturated carbocycles. The molecule has 0 unspecified atom stereocenters. The average Bonchev–Trinajstić information content (AvgIpc) is 3.31. The van der Waals surface area contributed by atoms with Gasteiger partial charge in [-0.2, -0.15) is 0 Å². The van der Waals surface area contributed by atoms with E-state index in [0.29, 0.717) is 37.8 Å². The second-order valence-electron chi connectivity index (χ2n) is 6.89. The number of aromatic nitrogens is 3. The average molecular weight is 479 g/mol. The van der Waals surface area contributed by atoms with Crippen LogP contribution in [-0.2, 0) is 25.3 Å². The van der Waals surface area contributed by atoms with Gasteiger partial charge in [-0.15, -0.1) is 11.3 Å². The van der Waals surface area contributed by atoms with Crippen LogP contribution >= 0.6 is 34.5 Å². The molecule has 0 saturated heterocycles. The highest BCUT2D eigenvalue weighted by molar-refractivity contribution is 7.14. The zero-order chi connectivity index (χ0) is 22.4. The van der Waals surface area contributed by atoms with Crippen molar-refractivity contribution in [3.8, 4) is 11.3 Å². The van der Waals surface area contributed by atoms with Gasteiger partial charge in [0.25, 0.3) is 5.56 Å². The van der Waals surface area contributed by atoms with Crippen LogP contribution in [-0.4, -0.2) is 20.0 Å². The first-order valence-electron chi connectivity index (χ1n) is 9.06. The van der Waals surface area contributed by atoms with E-state index in [1.165, 1.54) is 30.0 Å². The maximum Gasteiger partial charge on any atom is 0.333 e. The lowest BCUT2D eigenvalue weighted by molar-refractivity contribution is -0.115. The van der Waals surface area contributed by atoms with Crippen molar-refractivity contribution >= 4 is 56.7 Å². The quantitative estimate of drug-likeness (QED) is 0.481. The molecule has 0 fully saturated rings. The Hall–Kier alpha value is -2.88. The second kappa shape index (κ2) is 7.99. The number of fused-ring (bicyclic) bond motifs is 1. The summed E-state index contributed by atoms with van der Waals surface area (Å²) < 4.78 is 7.84. The van der Waals surface area contributed by atoms with Gasteiger partial charge < -0.3 is 9.73 Å². The summed E-state index contributed by atoms with van der Waals surface area (Å²) in [6, 6.07) is 5.23. The number of rotatable bonds is 4. The summed E-state index contributed by atoms with van der Waals surface area (Å²) in [5.41, 5.74) is 0.801. The van der Waals surface area contributed by atoms with Crippen LogP contribution in [0.2, 0.25) is 10.0 Å². The molecule has 1 N–H and O–H groups in total. The molecule has 3 aromatic heterocycles. The normalized spacial score (nSPS) is 11.3. The SMILES string of the molecule is Cc1oc2c(c1CC(=O)Nc1nc(-c3cccc(Cl)c3Cl)cs1)c(=O)n(C)c(=O)n2C. The van der Waals surface area contributed by atoms with E-state index in [-0.39, 0.29) is 23.4 Å². The molecule has 0 aliphatic heterocycles. The van der Waals surface area contributed by atoms with Crippen molar-refractivity contribution in [3.63, 3.8) is 0 Å². The van der Waals surface area contributed by atoms with Gasteiger partial charge in [-0.05, 0) is 13.0 Å². The van der Waals surface area contributed by atoms with Gasteiger partial charge >= 0.3 is 5.69 Å². The third-order valence-electron chi connectivity index (χ3n) is 4.90. The number of anilines is 1. The fraction of sp³-hybridized carbons (Fsp3) is 0.200. The number of thiazole rings is 1. The molecule has 0 bridgehead atoms. The summed E-state index contributed by atoms with van der Waals surface area (Å²) in [4.78, 5) is 41.8. The van der Waals surface area contributed by atoms with Gasteiger partial charge in [-0.1, -0.05) is 35.3 Å². The summed E-state index contributed by atoms with van der Waals surface area (Å²) in [5, 5.41) is 5.88. The monoisotopic (exact) mass is 478 g/mol. The molecule has 160 valence electrons. The zero-order valence-electron chi connectivity index (χ0n) is 16.7. The van der Waals surface area contributed by atoms with Crippen LogP contribution in [0.25, 0.3) is 22.4 Å². The van der Waals surface area contributed by atoms with Crippen molar-refractivity contribution in [3.05, 3.63) is 65.8 Å². The van der Waals surface area contributed by atoms with Gasteiger partial charge in [-0.3, -0.25) is 18.7 Å². The van der Waals surface area contributed by atoms with Crippen LogP contribution < -0.4 is 16.6 Å². The minimum atomic E-state index is -0.509. The molecule has 0 atom stereocenters. The molecule has 0 spiro atoms. The molecule has 31 heavy (non-hydrogen) atoms. The van der Waals surface area contributed by atoms with Crippen LogP contribution in [0.4, 0.5) is 5.13 Å². The van der Waals surface area contributed by atoms with Crippen molar-refractivity contribution in [2.24, 2.45) is 14.1 Å². The van der Waals surface area contributed by atoms with Gasteiger partial charge in [0.05, 0.1) is 22.2 Å². The first kappa shape index (κ1) is 21.4. The standard InChI is InChI=1S/C20H16Cl2N4O4S/c1-9-11(15-17(28)25(2)20(29)26(3)18(15)30-9)7-14(27)24-19-23-13(8-31-19)10-5-4-6-12(21)16(10)22/h4-6,8H,7H2,1-3H3,(H,23,24,27). The van der Waals surface area contributed by atoms with E-state index in [4.69, 9.17) is 27.6 Å². The number of benzene rings is 1. The predicted molar refractivity (Wildman–Crippen MR) is 121 cm³/mol. The molecule has 1 aromatic carbocycles. The fourth-order valence-corrected chi connectivity index (χ4v) is 4.40. The number of aryl methyl sites for hydroxylation is 2. The molecule has 0 aliphatic carbocycles. The summed E-state index contributed by atoms with van der Waals surface area (Å²) >= 11 is 13.5. The number of nitrogens with one attached hydrogen (secondary N) is 1. The van der Waals surface area contributed by atoms with Crippen LogP contribution in [0.5, 0.6) is 0 Å². The predicted octanol–water partition coefficient (Wildman–Crippen LogP) is 3.75. The number of halogens is 2. The Kier molecular flexibility index (Phi) is 5.50. The van der Waals surface area contributed by atoms with E-state index < -0.39 is 11.2 Å². The minimum absolute atomic E-state index is 0.112. The van der Waals surface area contributed by atoms with E-state index >= 15 is 0 Å². The van der Waals surface area contributed by atoms with Gasteiger partial charge in [0.2, 0.25) is 11.6 Å². The lowest BCUT2D eigenvalue weighted by Gasteiger charge is -2.04. The third-order valence-corrected chi connectivity index (χ3v) is 6.48. The summed E-state index contributed by atoms with van der Waals surface area (Å²) in [6.45, 7) is 1.65. The Morgan fingerprint density at radius 3 is 2.71 bits per heavy atom. The lowest BCUT2D eigenvalue weighted by Crippen LogP contribution is -2.36. The third kappa shape index (κ3) is 3.69. The van der Waals surface area contributed by atoms with Gasteiger partial charge in [0.1, 0.15) is 11.1 Å². The number of carbonyl (C=O) groups excluding carboxylic acids is 1. The highest BCUT2D eigenvalue weighted by Gasteiger charge is 2.22. The number of nitrogens with zero attached hydrogens (tertiary/aromatic N) is 3. The number of hydrogen-bond acceptors (Lipinski definition) is 6. The largest absolute Gasteiger partial charge is 0.444 e. The van der Waals surface area contributed by atoms with Crippen molar-refractivity contribution in [2.75, 3.05) is 5.32 Å². The summed E-state index contributed by atoms with van der Waals surface area (Å²) in [5.74, 6) is 0.0220. The van der Waals surface area contributed by atoms with Crippen molar-refractivity contribution in [2.45, 2.75) is 13.3 Å². The van der Waals surface area contributed by atoms with Crippen LogP contribution in [0.3, 0.4) is 0 Å². The van der Waals surface area contributed by atoms with Crippen molar-refractivity contribution < 1.29 is 9.21 Å². The van der Waals surface area contributed by atoms with Crippen molar-refractivity contribution in [1.82, 2.24) is 14.1 Å². The maximum atomic E-state index is 12.7. The molecule has 0 aliphatic rings. The van der Waals surface area contributed by atoms with Gasteiger partial charge in [0, 0.05) is 30.6 Å². The Morgan fingerprint density at radius 2 is 1.97 bits per heavy atom. The smallest absolute Gasteiger partial charge is 0.333 e. The van der Waals surface area contributed by atoms with Crippen LogP contribution in [0.1, 0.15) is 11.3 Å². The Labute approximate surface area is 189 Å². The lowest BCUT2D eigenvalue weighted by atomic mass is 10.1. The molecule has 1 amide bonds.